The third-order valence-electron chi connectivity index (χ3n) is 18.9. The molecule has 6 aliphatic heterocycles. The van der Waals surface area contributed by atoms with Crippen molar-refractivity contribution >= 4 is 35.4 Å². The van der Waals surface area contributed by atoms with Crippen LogP contribution in [0.25, 0.3) is 0 Å². The Balaban J connectivity index is 0.896. The number of carbonyl (C=O) groups excluding carboxylic acids is 6. The van der Waals surface area contributed by atoms with Crippen molar-refractivity contribution in [1.29, 1.82) is 0 Å². The van der Waals surface area contributed by atoms with Crippen LogP contribution in [0.5, 0.6) is 0 Å². The van der Waals surface area contributed by atoms with Crippen LogP contribution in [-0.4, -0.2) is 432 Å². The van der Waals surface area contributed by atoms with Crippen molar-refractivity contribution < 1.29 is 188 Å². The van der Waals surface area contributed by atoms with Crippen LogP contribution in [0.1, 0.15) is 77.0 Å². The zero-order chi connectivity index (χ0) is 80.2. The van der Waals surface area contributed by atoms with Crippen LogP contribution in [0.2, 0.25) is 0 Å². The predicted molar refractivity (Wildman–Crippen MR) is 356 cm³/mol. The van der Waals surface area contributed by atoms with E-state index in [2.05, 4.69) is 26.6 Å². The summed E-state index contributed by atoms with van der Waals surface area (Å²) < 4.78 is 67.0. The van der Waals surface area contributed by atoms with E-state index in [4.69, 9.17) is 62.6 Å². The van der Waals surface area contributed by atoms with Gasteiger partial charge in [0.1, 0.15) is 146 Å². The molecule has 6 rings (SSSR count). The molecule has 0 aromatic rings. The van der Waals surface area contributed by atoms with Gasteiger partial charge in [-0.1, -0.05) is 19.3 Å². The number of primary amides is 1. The van der Waals surface area contributed by atoms with E-state index in [1.54, 1.807) is 0 Å². The summed E-state index contributed by atoms with van der Waals surface area (Å²) in [7, 11) is 0. The Morgan fingerprint density at radius 1 is 0.294 bits per heavy atom. The van der Waals surface area contributed by atoms with E-state index in [1.165, 1.54) is 4.90 Å². The fourth-order valence-corrected chi connectivity index (χ4v) is 12.4. The molecule has 45 heteroatoms. The van der Waals surface area contributed by atoms with Gasteiger partial charge in [0.25, 0.3) is 0 Å². The number of rotatable bonds is 46. The van der Waals surface area contributed by atoms with Crippen molar-refractivity contribution in [2.75, 3.05) is 105 Å². The van der Waals surface area contributed by atoms with E-state index < -0.39 is 259 Å². The van der Waals surface area contributed by atoms with Crippen molar-refractivity contribution in [2.24, 2.45) is 5.73 Å². The number of amides is 6. The summed E-state index contributed by atoms with van der Waals surface area (Å²) in [6.07, 6.45) is -48.0. The number of aliphatic hydroxyl groups excluding tert-OH is 20. The fraction of sp³-hybridized carbons (Fsp3) is 0.906. The summed E-state index contributed by atoms with van der Waals surface area (Å²) in [5.74, 6) is -2.81. The molecule has 6 heterocycles. The number of nitrogens with zero attached hydrogens (tertiary/aromatic N) is 1. The lowest BCUT2D eigenvalue weighted by Crippen LogP contribution is -2.65. The molecule has 0 aliphatic carbocycles. The zero-order valence-corrected chi connectivity index (χ0v) is 59.9. The Bertz CT molecular complexity index is 2540. The lowest BCUT2D eigenvalue weighted by atomic mass is 9.96. The molecular formula is C64H113N7O38. The van der Waals surface area contributed by atoms with Gasteiger partial charge in [-0.25, -0.2) is 0 Å². The summed E-state index contributed by atoms with van der Waals surface area (Å²) in [6, 6.07) is 0. The van der Waals surface area contributed by atoms with Gasteiger partial charge in [0, 0.05) is 52.0 Å². The van der Waals surface area contributed by atoms with Crippen LogP contribution in [0.4, 0.5) is 0 Å². The Morgan fingerprint density at radius 3 is 0.881 bits per heavy atom. The average molecular weight is 1590 g/mol. The highest BCUT2D eigenvalue weighted by Crippen LogP contribution is 2.34. The third kappa shape index (κ3) is 28.2. The predicted octanol–water partition coefficient (Wildman–Crippen LogP) is -15.0. The fourth-order valence-electron chi connectivity index (χ4n) is 12.4. The lowest BCUT2D eigenvalue weighted by Gasteiger charge is -2.46. The van der Waals surface area contributed by atoms with E-state index in [1.807, 2.05) is 0 Å². The largest absolute Gasteiger partial charge is 0.394 e. The SMILES string of the molecule is NC(=O)CCCCCNC(=O)CN(CC(=O)NCCCCCC(=O)NCCOC1OC(COC2OC(CO)C(O)C(O)C2O)C(O)C(OC2OC(CO)C(O)C(O)C2O)C1O)CC(=O)NCCCCCC(=O)NCCOC1OC(COC2OC(CO)C(O)C(O)C2O)C(O)C(OC2OC(CO)C(O)C(O)C2O)C1O. The van der Waals surface area contributed by atoms with Crippen molar-refractivity contribution in [3.63, 3.8) is 0 Å². The first-order chi connectivity index (χ1) is 51.9. The van der Waals surface area contributed by atoms with Gasteiger partial charge in [0.05, 0.1) is 72.5 Å². The summed E-state index contributed by atoms with van der Waals surface area (Å²) in [4.78, 5) is 77.5. The van der Waals surface area contributed by atoms with Crippen LogP contribution >= 0.6 is 0 Å². The van der Waals surface area contributed by atoms with Crippen LogP contribution < -0.4 is 32.3 Å². The Labute approximate surface area is 625 Å². The van der Waals surface area contributed by atoms with Crippen molar-refractivity contribution in [1.82, 2.24) is 31.5 Å². The molecule has 6 aliphatic rings. The molecular weight excluding hydrogens is 1470 g/mol. The molecule has 0 radical (unpaired) electrons. The van der Waals surface area contributed by atoms with E-state index in [-0.39, 0.29) is 84.8 Å². The van der Waals surface area contributed by atoms with E-state index in [9.17, 15) is 131 Å². The minimum atomic E-state index is -1.97. The quantitative estimate of drug-likeness (QED) is 0.0252. The number of nitrogens with two attached hydrogens (primary N) is 1. The molecule has 6 amide bonds. The number of carbonyl (C=O) groups is 6. The van der Waals surface area contributed by atoms with Crippen LogP contribution in [0.3, 0.4) is 0 Å². The monoisotopic (exact) mass is 1590 g/mol. The smallest absolute Gasteiger partial charge is 0.234 e. The second-order valence-corrected chi connectivity index (χ2v) is 27.2. The van der Waals surface area contributed by atoms with Gasteiger partial charge < -0.3 is 191 Å². The van der Waals surface area contributed by atoms with Gasteiger partial charge >= 0.3 is 0 Å². The minimum absolute atomic E-state index is 0.0244. The topological polar surface area (TPSA) is 707 Å². The minimum Gasteiger partial charge on any atom is -0.394 e. The van der Waals surface area contributed by atoms with Crippen LogP contribution in [0, 0.1) is 0 Å². The molecule has 109 heavy (non-hydrogen) atoms. The summed E-state index contributed by atoms with van der Waals surface area (Å²) in [6.45, 7) is -6.10. The molecule has 0 spiro atoms. The number of ether oxygens (including phenoxy) is 12. The van der Waals surface area contributed by atoms with Gasteiger partial charge in [0.15, 0.2) is 37.7 Å². The number of hydrogen-bond donors (Lipinski definition) is 26. The first kappa shape index (κ1) is 93.4. The van der Waals surface area contributed by atoms with Gasteiger partial charge in [-0.2, -0.15) is 0 Å². The number of aliphatic hydroxyl groups is 20. The zero-order valence-electron chi connectivity index (χ0n) is 59.9. The van der Waals surface area contributed by atoms with E-state index >= 15 is 0 Å². The van der Waals surface area contributed by atoms with E-state index in [0.29, 0.717) is 57.8 Å². The third-order valence-corrected chi connectivity index (χ3v) is 18.9. The first-order valence-corrected chi connectivity index (χ1v) is 36.3. The Kier molecular flexibility index (Phi) is 40.6. The molecule has 632 valence electrons. The second kappa shape index (κ2) is 47.4. The maximum absolute atomic E-state index is 13.2. The molecule has 45 nitrogen and oxygen atoms in total. The molecule has 6 saturated heterocycles. The maximum Gasteiger partial charge on any atom is 0.234 e. The number of unbranched alkanes of at least 4 members (excludes halogenated alkanes) is 6. The van der Waals surface area contributed by atoms with Crippen LogP contribution in [0.15, 0.2) is 0 Å². The number of hydrogen-bond acceptors (Lipinski definition) is 39. The first-order valence-electron chi connectivity index (χ1n) is 36.3. The lowest BCUT2D eigenvalue weighted by molar-refractivity contribution is -0.366. The molecule has 0 saturated carbocycles. The highest BCUT2D eigenvalue weighted by atomic mass is 16.8. The molecule has 0 bridgehead atoms. The normalized spacial score (nSPS) is 37.1. The molecule has 6 fully saturated rings. The average Bonchev–Trinajstić information content (AvgIpc) is 0.789. The highest BCUT2D eigenvalue weighted by Gasteiger charge is 2.55. The molecule has 0 aromatic carbocycles. The maximum atomic E-state index is 13.2. The van der Waals surface area contributed by atoms with Gasteiger partial charge in [0.2, 0.25) is 35.4 Å². The standard InChI is InChI=1S/C64H113N7O38/c65-35(76)10-4-1-7-13-66-38(79)20-71(21-39(80)67-14-8-2-5-11-36(77)69-16-18-98-61-55(96)57(108-63-53(94)49(90)43(84)31(25-74)104-63)45(86)33(106-61)27-100-59-51(92)47(88)41(82)29(23-72)102-59)22-40(81)68-15-9-3-6-12-37(78)70-17-19-99-62-56(97)58(109-64-54(95)50(91)44(85)32(26-75)105-64)46(87)34(107-62)28-101-60-52(93)48(89)42(83)30(24-73)103-60/h29-34,41-64,72-75,82-97H,1-28H2,(H2,65,76)(H,66,79)(H,67,80)(H,68,81)(H,69,77)(H,70,78). The number of nitrogens with one attached hydrogen (secondary N) is 5. The summed E-state index contributed by atoms with van der Waals surface area (Å²) >= 11 is 0. The Hall–Kier alpha value is -4.50. The molecule has 27 N–H and O–H groups in total. The summed E-state index contributed by atoms with van der Waals surface area (Å²) in [5.41, 5.74) is 5.21. The van der Waals surface area contributed by atoms with E-state index in [0.717, 1.165) is 0 Å². The molecule has 30 atom stereocenters. The molecule has 30 unspecified atom stereocenters. The second-order valence-electron chi connectivity index (χ2n) is 27.2. The van der Waals surface area contributed by atoms with Gasteiger partial charge in [-0.05, 0) is 38.5 Å². The van der Waals surface area contributed by atoms with Crippen molar-refractivity contribution in [3.05, 3.63) is 0 Å². The molecule has 0 aromatic heterocycles. The van der Waals surface area contributed by atoms with Crippen molar-refractivity contribution in [3.8, 4) is 0 Å². The highest BCUT2D eigenvalue weighted by molar-refractivity contribution is 5.84. The van der Waals surface area contributed by atoms with Gasteiger partial charge in [-0.3, -0.25) is 33.7 Å². The summed E-state index contributed by atoms with van der Waals surface area (Å²) in [5, 5.41) is 222. The van der Waals surface area contributed by atoms with Crippen LogP contribution in [-0.2, 0) is 85.6 Å². The van der Waals surface area contributed by atoms with Crippen molar-refractivity contribution in [2.45, 2.75) is 261 Å². The Morgan fingerprint density at radius 2 is 0.569 bits per heavy atom. The van der Waals surface area contributed by atoms with Gasteiger partial charge in [-0.15, -0.1) is 0 Å².